The molecule has 122 valence electrons. The number of benzene rings is 1. The minimum atomic E-state index is 0.491. The minimum Gasteiger partial charge on any atom is -0.419 e. The fraction of sp³-hybridized carbons (Fsp3) is 0.529. The van der Waals surface area contributed by atoms with E-state index in [0.29, 0.717) is 35.3 Å². The van der Waals surface area contributed by atoms with E-state index >= 15 is 0 Å². The topological polar surface area (TPSA) is 51.4 Å². The highest BCUT2D eigenvalue weighted by atomic mass is 35.5. The highest BCUT2D eigenvalue weighted by Gasteiger charge is 2.32. The first-order chi connectivity index (χ1) is 11.3. The van der Waals surface area contributed by atoms with Crippen LogP contribution in [0.3, 0.4) is 0 Å². The van der Waals surface area contributed by atoms with Gasteiger partial charge in [-0.15, -0.1) is 10.2 Å². The highest BCUT2D eigenvalue weighted by Crippen LogP contribution is 2.31. The van der Waals surface area contributed by atoms with E-state index in [-0.39, 0.29) is 0 Å². The summed E-state index contributed by atoms with van der Waals surface area (Å²) in [4.78, 5) is 2.46. The molecule has 0 bridgehead atoms. The Hall–Kier alpha value is -1.43. The first kappa shape index (κ1) is 15.1. The summed E-state index contributed by atoms with van der Waals surface area (Å²) in [6.45, 7) is 3.52. The fourth-order valence-electron chi connectivity index (χ4n) is 3.08. The van der Waals surface area contributed by atoms with Gasteiger partial charge < -0.3 is 9.15 Å². The number of hydrogen-bond donors (Lipinski definition) is 0. The summed E-state index contributed by atoms with van der Waals surface area (Å²) in [6, 6.07) is 8.20. The average molecular weight is 334 g/mol. The standard InChI is InChI=1S/C17H20ClN3O2/c18-15-4-2-1-3-14(15)17-20-19-16(23-17)10-21(13-5-6-13)9-12-7-8-22-11-12/h1-4,12-13H,5-11H2/t12-/m0/s1. The Labute approximate surface area is 140 Å². The van der Waals surface area contributed by atoms with E-state index in [2.05, 4.69) is 15.1 Å². The van der Waals surface area contributed by atoms with Crippen LogP contribution in [0.25, 0.3) is 11.5 Å². The molecule has 1 atom stereocenters. The monoisotopic (exact) mass is 333 g/mol. The predicted molar refractivity (Wildman–Crippen MR) is 87.1 cm³/mol. The van der Waals surface area contributed by atoms with Crippen LogP contribution in [0, 0.1) is 5.92 Å². The van der Waals surface area contributed by atoms with Crippen LogP contribution >= 0.6 is 11.6 Å². The van der Waals surface area contributed by atoms with Crippen molar-refractivity contribution in [1.82, 2.24) is 15.1 Å². The summed E-state index contributed by atoms with van der Waals surface area (Å²) < 4.78 is 11.3. The van der Waals surface area contributed by atoms with Crippen LogP contribution in [0.4, 0.5) is 0 Å². The third kappa shape index (κ3) is 3.57. The maximum absolute atomic E-state index is 6.20. The maximum atomic E-state index is 6.20. The Morgan fingerprint density at radius 1 is 1.17 bits per heavy atom. The normalized spacial score (nSPS) is 21.2. The maximum Gasteiger partial charge on any atom is 0.249 e. The van der Waals surface area contributed by atoms with Crippen molar-refractivity contribution < 1.29 is 9.15 Å². The average Bonchev–Trinajstić information content (AvgIpc) is 3.08. The molecule has 0 amide bonds. The number of aromatic nitrogens is 2. The molecule has 1 aliphatic heterocycles. The summed E-state index contributed by atoms with van der Waals surface area (Å²) >= 11 is 6.20. The van der Waals surface area contributed by atoms with Gasteiger partial charge in [0.1, 0.15) is 0 Å². The number of halogens is 1. The molecule has 1 saturated carbocycles. The van der Waals surface area contributed by atoms with Crippen molar-refractivity contribution in [1.29, 1.82) is 0 Å². The Kier molecular flexibility index (Phi) is 4.33. The molecule has 2 aromatic rings. The summed E-state index contributed by atoms with van der Waals surface area (Å²) in [6.07, 6.45) is 3.68. The van der Waals surface area contributed by atoms with Crippen LogP contribution in [0.2, 0.25) is 5.02 Å². The molecule has 2 heterocycles. The molecule has 0 unspecified atom stereocenters. The van der Waals surface area contributed by atoms with Crippen LogP contribution < -0.4 is 0 Å². The molecule has 0 radical (unpaired) electrons. The molecule has 1 saturated heterocycles. The summed E-state index contributed by atoms with van der Waals surface area (Å²) in [5.74, 6) is 1.78. The summed E-state index contributed by atoms with van der Waals surface area (Å²) in [5, 5.41) is 9.00. The number of hydrogen-bond acceptors (Lipinski definition) is 5. The molecular weight excluding hydrogens is 314 g/mol. The summed E-state index contributed by atoms with van der Waals surface area (Å²) in [7, 11) is 0. The lowest BCUT2D eigenvalue weighted by Crippen LogP contribution is -2.31. The van der Waals surface area contributed by atoms with E-state index in [9.17, 15) is 0 Å². The lowest BCUT2D eigenvalue weighted by atomic mass is 10.1. The smallest absolute Gasteiger partial charge is 0.249 e. The second-order valence-corrected chi connectivity index (χ2v) is 6.78. The van der Waals surface area contributed by atoms with Crippen LogP contribution in [0.5, 0.6) is 0 Å². The van der Waals surface area contributed by atoms with Crippen molar-refractivity contribution in [2.45, 2.75) is 31.8 Å². The first-order valence-electron chi connectivity index (χ1n) is 8.18. The molecule has 2 fully saturated rings. The summed E-state index contributed by atoms with van der Waals surface area (Å²) in [5.41, 5.74) is 0.787. The van der Waals surface area contributed by atoms with E-state index in [0.717, 1.165) is 31.7 Å². The van der Waals surface area contributed by atoms with E-state index in [1.807, 2.05) is 24.3 Å². The van der Waals surface area contributed by atoms with Gasteiger partial charge in [-0.2, -0.15) is 0 Å². The van der Waals surface area contributed by atoms with Gasteiger partial charge in [-0.25, -0.2) is 0 Å². The van der Waals surface area contributed by atoms with E-state index in [1.54, 1.807) is 0 Å². The van der Waals surface area contributed by atoms with Crippen molar-refractivity contribution in [2.75, 3.05) is 19.8 Å². The molecular formula is C17H20ClN3O2. The van der Waals surface area contributed by atoms with E-state index < -0.39 is 0 Å². The fourth-order valence-corrected chi connectivity index (χ4v) is 3.29. The van der Waals surface area contributed by atoms with Gasteiger partial charge in [0.2, 0.25) is 11.8 Å². The Morgan fingerprint density at radius 3 is 2.78 bits per heavy atom. The van der Waals surface area contributed by atoms with Crippen LogP contribution in [-0.4, -0.2) is 40.9 Å². The zero-order chi connectivity index (χ0) is 15.6. The zero-order valence-electron chi connectivity index (χ0n) is 12.9. The van der Waals surface area contributed by atoms with Crippen LogP contribution in [0.1, 0.15) is 25.2 Å². The van der Waals surface area contributed by atoms with Gasteiger partial charge in [0.25, 0.3) is 0 Å². The van der Waals surface area contributed by atoms with Crippen LogP contribution in [0.15, 0.2) is 28.7 Å². The zero-order valence-corrected chi connectivity index (χ0v) is 13.7. The molecule has 5 nitrogen and oxygen atoms in total. The van der Waals surface area contributed by atoms with Gasteiger partial charge in [0.15, 0.2) is 0 Å². The molecule has 6 heteroatoms. The molecule has 0 N–H and O–H groups in total. The molecule has 4 rings (SSSR count). The Morgan fingerprint density at radius 2 is 2.04 bits per heavy atom. The van der Waals surface area contributed by atoms with Crippen molar-refractivity contribution in [3.8, 4) is 11.5 Å². The Bertz CT molecular complexity index is 665. The second-order valence-electron chi connectivity index (χ2n) is 6.37. The third-order valence-electron chi connectivity index (χ3n) is 4.49. The first-order valence-corrected chi connectivity index (χ1v) is 8.56. The highest BCUT2D eigenvalue weighted by molar-refractivity contribution is 6.33. The SMILES string of the molecule is Clc1ccccc1-c1nnc(CN(C[C@@H]2CCOC2)C2CC2)o1. The van der Waals surface area contributed by atoms with Gasteiger partial charge in [-0.3, -0.25) is 4.90 Å². The third-order valence-corrected chi connectivity index (χ3v) is 4.82. The predicted octanol–water partition coefficient (Wildman–Crippen LogP) is 3.39. The van der Waals surface area contributed by atoms with Gasteiger partial charge in [0.05, 0.1) is 23.7 Å². The van der Waals surface area contributed by atoms with E-state index in [1.165, 1.54) is 12.8 Å². The van der Waals surface area contributed by atoms with Crippen molar-refractivity contribution >= 4 is 11.6 Å². The lowest BCUT2D eigenvalue weighted by molar-refractivity contribution is 0.156. The molecule has 1 aromatic heterocycles. The Balaban J connectivity index is 1.46. The quantitative estimate of drug-likeness (QED) is 0.811. The molecule has 2 aliphatic rings. The molecule has 0 spiro atoms. The molecule has 1 aromatic carbocycles. The number of nitrogens with zero attached hydrogens (tertiary/aromatic N) is 3. The number of ether oxygens (including phenoxy) is 1. The van der Waals surface area contributed by atoms with Gasteiger partial charge in [0, 0.05) is 19.2 Å². The molecule has 1 aliphatic carbocycles. The van der Waals surface area contributed by atoms with E-state index in [4.69, 9.17) is 20.8 Å². The van der Waals surface area contributed by atoms with Crippen molar-refractivity contribution in [3.05, 3.63) is 35.2 Å². The molecule has 23 heavy (non-hydrogen) atoms. The minimum absolute atomic E-state index is 0.491. The van der Waals surface area contributed by atoms with Crippen molar-refractivity contribution in [3.63, 3.8) is 0 Å². The van der Waals surface area contributed by atoms with Crippen LogP contribution in [-0.2, 0) is 11.3 Å². The lowest BCUT2D eigenvalue weighted by Gasteiger charge is -2.22. The van der Waals surface area contributed by atoms with Gasteiger partial charge in [-0.05, 0) is 37.3 Å². The number of rotatable bonds is 6. The van der Waals surface area contributed by atoms with Gasteiger partial charge >= 0.3 is 0 Å². The van der Waals surface area contributed by atoms with Gasteiger partial charge in [-0.1, -0.05) is 23.7 Å². The van der Waals surface area contributed by atoms with Crippen molar-refractivity contribution in [2.24, 2.45) is 5.92 Å². The largest absolute Gasteiger partial charge is 0.419 e. The second kappa shape index (κ2) is 6.59.